The van der Waals surface area contributed by atoms with Gasteiger partial charge in [0.2, 0.25) is 5.91 Å². The maximum atomic E-state index is 12.5. The van der Waals surface area contributed by atoms with Crippen LogP contribution >= 0.6 is 11.6 Å². The molecular weight excluding hydrogens is 304 g/mol. The molecule has 22 heavy (non-hydrogen) atoms. The standard InChI is InChI=1S/C16H23ClN2O3/c1-4-19(9-10-20)16(22)14(11(2)3)18-15(21)12-5-7-13(17)8-6-12/h5-8,11,14,20H,4,9-10H2,1-3H3,(H,18,21). The lowest BCUT2D eigenvalue weighted by Gasteiger charge is -2.28. The van der Waals surface area contributed by atoms with Crippen LogP contribution in [0.1, 0.15) is 31.1 Å². The van der Waals surface area contributed by atoms with Crippen LogP contribution in [0.4, 0.5) is 0 Å². The van der Waals surface area contributed by atoms with E-state index in [1.807, 2.05) is 20.8 Å². The van der Waals surface area contributed by atoms with Gasteiger partial charge in [0.05, 0.1) is 6.61 Å². The molecule has 0 saturated heterocycles. The molecule has 0 aliphatic heterocycles. The van der Waals surface area contributed by atoms with Crippen LogP contribution < -0.4 is 5.32 Å². The molecule has 0 spiro atoms. The van der Waals surface area contributed by atoms with Crippen molar-refractivity contribution in [2.75, 3.05) is 19.7 Å². The third-order valence-electron chi connectivity index (χ3n) is 3.39. The molecule has 2 amide bonds. The number of amides is 2. The van der Waals surface area contributed by atoms with Crippen LogP contribution in [0.15, 0.2) is 24.3 Å². The lowest BCUT2D eigenvalue weighted by atomic mass is 10.0. The van der Waals surface area contributed by atoms with Crippen molar-refractivity contribution in [3.05, 3.63) is 34.9 Å². The van der Waals surface area contributed by atoms with Crippen molar-refractivity contribution in [3.8, 4) is 0 Å². The first-order valence-corrected chi connectivity index (χ1v) is 7.74. The number of carbonyl (C=O) groups excluding carboxylic acids is 2. The third-order valence-corrected chi connectivity index (χ3v) is 3.64. The van der Waals surface area contributed by atoms with Crippen molar-refractivity contribution in [2.24, 2.45) is 5.92 Å². The fourth-order valence-corrected chi connectivity index (χ4v) is 2.21. The molecule has 1 unspecified atom stereocenters. The Hall–Kier alpha value is -1.59. The Balaban J connectivity index is 2.85. The molecule has 122 valence electrons. The molecule has 1 rings (SSSR count). The highest BCUT2D eigenvalue weighted by molar-refractivity contribution is 6.30. The summed E-state index contributed by atoms with van der Waals surface area (Å²) in [5.74, 6) is -0.561. The van der Waals surface area contributed by atoms with Gasteiger partial charge in [-0.1, -0.05) is 25.4 Å². The summed E-state index contributed by atoms with van der Waals surface area (Å²) in [7, 11) is 0. The highest BCUT2D eigenvalue weighted by atomic mass is 35.5. The first-order valence-electron chi connectivity index (χ1n) is 7.36. The molecule has 1 aromatic rings. The van der Waals surface area contributed by atoms with Gasteiger partial charge >= 0.3 is 0 Å². The highest BCUT2D eigenvalue weighted by Gasteiger charge is 2.28. The van der Waals surface area contributed by atoms with Crippen molar-refractivity contribution >= 4 is 23.4 Å². The fourth-order valence-electron chi connectivity index (χ4n) is 2.08. The van der Waals surface area contributed by atoms with E-state index in [9.17, 15) is 9.59 Å². The largest absolute Gasteiger partial charge is 0.395 e. The van der Waals surface area contributed by atoms with Crippen molar-refractivity contribution in [2.45, 2.75) is 26.8 Å². The number of nitrogens with zero attached hydrogens (tertiary/aromatic N) is 1. The summed E-state index contributed by atoms with van der Waals surface area (Å²) in [5, 5.41) is 12.3. The number of nitrogens with one attached hydrogen (secondary N) is 1. The maximum absolute atomic E-state index is 12.5. The Bertz CT molecular complexity index is 503. The highest BCUT2D eigenvalue weighted by Crippen LogP contribution is 2.11. The molecule has 0 aliphatic carbocycles. The first kappa shape index (κ1) is 18.5. The van der Waals surface area contributed by atoms with E-state index in [0.717, 1.165) is 0 Å². The van der Waals surface area contributed by atoms with E-state index in [4.69, 9.17) is 16.7 Å². The number of carbonyl (C=O) groups is 2. The number of hydrogen-bond acceptors (Lipinski definition) is 3. The zero-order valence-electron chi connectivity index (χ0n) is 13.2. The summed E-state index contributed by atoms with van der Waals surface area (Å²) in [6, 6.07) is 5.87. The van der Waals surface area contributed by atoms with E-state index < -0.39 is 6.04 Å². The van der Waals surface area contributed by atoms with Crippen molar-refractivity contribution in [1.82, 2.24) is 10.2 Å². The van der Waals surface area contributed by atoms with E-state index in [1.165, 1.54) is 4.90 Å². The molecule has 1 atom stereocenters. The summed E-state index contributed by atoms with van der Waals surface area (Å²) < 4.78 is 0. The van der Waals surface area contributed by atoms with Gasteiger partial charge in [-0.15, -0.1) is 0 Å². The summed E-state index contributed by atoms with van der Waals surface area (Å²) in [4.78, 5) is 26.3. The number of aliphatic hydroxyl groups excluding tert-OH is 1. The summed E-state index contributed by atoms with van der Waals surface area (Å²) in [5.41, 5.74) is 0.452. The van der Waals surface area contributed by atoms with Gasteiger partial charge in [-0.3, -0.25) is 9.59 Å². The zero-order valence-corrected chi connectivity index (χ0v) is 13.9. The van der Waals surface area contributed by atoms with Gasteiger partial charge in [0, 0.05) is 23.7 Å². The van der Waals surface area contributed by atoms with Crippen LogP contribution in [-0.4, -0.2) is 47.6 Å². The summed E-state index contributed by atoms with van der Waals surface area (Å²) in [6.45, 7) is 6.23. The van der Waals surface area contributed by atoms with Crippen molar-refractivity contribution in [3.63, 3.8) is 0 Å². The smallest absolute Gasteiger partial charge is 0.251 e. The third kappa shape index (κ3) is 5.00. The van der Waals surface area contributed by atoms with Crippen LogP contribution in [0.2, 0.25) is 5.02 Å². The molecule has 2 N–H and O–H groups in total. The molecule has 0 bridgehead atoms. The van der Waals surface area contributed by atoms with Gasteiger partial charge in [-0.05, 0) is 37.1 Å². The fraction of sp³-hybridized carbons (Fsp3) is 0.500. The van der Waals surface area contributed by atoms with E-state index in [-0.39, 0.29) is 30.9 Å². The van der Waals surface area contributed by atoms with Gasteiger partial charge in [-0.2, -0.15) is 0 Å². The topological polar surface area (TPSA) is 69.6 Å². The maximum Gasteiger partial charge on any atom is 0.251 e. The molecular formula is C16H23ClN2O3. The molecule has 6 heteroatoms. The Morgan fingerprint density at radius 1 is 1.27 bits per heavy atom. The van der Waals surface area contributed by atoms with Crippen LogP contribution in [0, 0.1) is 5.92 Å². The van der Waals surface area contributed by atoms with E-state index >= 15 is 0 Å². The van der Waals surface area contributed by atoms with E-state index in [1.54, 1.807) is 24.3 Å². The van der Waals surface area contributed by atoms with Gasteiger partial charge < -0.3 is 15.3 Å². The minimum atomic E-state index is -0.630. The van der Waals surface area contributed by atoms with Crippen LogP contribution in [0.5, 0.6) is 0 Å². The van der Waals surface area contributed by atoms with E-state index in [0.29, 0.717) is 17.1 Å². The van der Waals surface area contributed by atoms with Gasteiger partial charge in [0.1, 0.15) is 6.04 Å². The molecule has 0 aliphatic rings. The Kier molecular flexibility index (Phi) is 7.35. The lowest BCUT2D eigenvalue weighted by molar-refractivity contribution is -0.134. The quantitative estimate of drug-likeness (QED) is 0.804. The van der Waals surface area contributed by atoms with Crippen LogP contribution in [0.25, 0.3) is 0 Å². The number of rotatable bonds is 7. The molecule has 0 fully saturated rings. The summed E-state index contributed by atoms with van der Waals surface area (Å²) >= 11 is 5.80. The number of likely N-dealkylation sites (N-methyl/N-ethyl adjacent to an activating group) is 1. The molecule has 5 nitrogen and oxygen atoms in total. The first-order chi connectivity index (χ1) is 10.4. The Labute approximate surface area is 136 Å². The normalized spacial score (nSPS) is 12.1. The number of halogens is 1. The summed E-state index contributed by atoms with van der Waals surface area (Å²) in [6.07, 6.45) is 0. The predicted octanol–water partition coefficient (Wildman–Crippen LogP) is 1.94. The zero-order chi connectivity index (χ0) is 16.7. The average molecular weight is 327 g/mol. The van der Waals surface area contributed by atoms with Crippen LogP contribution in [-0.2, 0) is 4.79 Å². The average Bonchev–Trinajstić information content (AvgIpc) is 2.49. The van der Waals surface area contributed by atoms with Gasteiger partial charge in [0.25, 0.3) is 5.91 Å². The van der Waals surface area contributed by atoms with E-state index in [2.05, 4.69) is 5.32 Å². The Morgan fingerprint density at radius 2 is 1.86 bits per heavy atom. The second kappa shape index (κ2) is 8.76. The SMILES string of the molecule is CCN(CCO)C(=O)C(NC(=O)c1ccc(Cl)cc1)C(C)C. The van der Waals surface area contributed by atoms with Crippen molar-refractivity contribution < 1.29 is 14.7 Å². The number of benzene rings is 1. The predicted molar refractivity (Wildman–Crippen MR) is 86.9 cm³/mol. The molecule has 0 radical (unpaired) electrons. The van der Waals surface area contributed by atoms with Gasteiger partial charge in [0.15, 0.2) is 0 Å². The van der Waals surface area contributed by atoms with Gasteiger partial charge in [-0.25, -0.2) is 0 Å². The molecule has 0 aromatic heterocycles. The minimum Gasteiger partial charge on any atom is -0.395 e. The second-order valence-electron chi connectivity index (χ2n) is 5.34. The van der Waals surface area contributed by atoms with Crippen LogP contribution in [0.3, 0.4) is 0 Å². The Morgan fingerprint density at radius 3 is 2.32 bits per heavy atom. The van der Waals surface area contributed by atoms with Crippen molar-refractivity contribution in [1.29, 1.82) is 0 Å². The minimum absolute atomic E-state index is 0.0588. The lowest BCUT2D eigenvalue weighted by Crippen LogP contribution is -2.51. The number of aliphatic hydroxyl groups is 1. The monoisotopic (exact) mass is 326 g/mol. The second-order valence-corrected chi connectivity index (χ2v) is 5.78. The molecule has 0 saturated carbocycles. The number of hydrogen-bond donors (Lipinski definition) is 2. The molecule has 0 heterocycles. The molecule has 1 aromatic carbocycles.